The maximum Gasteiger partial charge on any atom is 0.326 e. The summed E-state index contributed by atoms with van der Waals surface area (Å²) in [5.41, 5.74) is 5.11. The third-order valence-electron chi connectivity index (χ3n) is 2.27. The van der Waals surface area contributed by atoms with Gasteiger partial charge in [0.2, 0.25) is 5.91 Å². The Bertz CT molecular complexity index is 489. The zero-order valence-electron chi connectivity index (χ0n) is 9.80. The molecular weight excluding hydrogens is 274 g/mol. The average molecular weight is 286 g/mol. The van der Waals surface area contributed by atoms with Crippen molar-refractivity contribution in [2.75, 3.05) is 0 Å². The topological polar surface area (TPSA) is 122 Å². The maximum atomic E-state index is 11.7. The van der Waals surface area contributed by atoms with E-state index in [1.165, 1.54) is 18.3 Å². The van der Waals surface area contributed by atoms with Crippen molar-refractivity contribution in [1.29, 1.82) is 0 Å². The van der Waals surface area contributed by atoms with Crippen LogP contribution in [0.15, 0.2) is 18.3 Å². The number of primary amides is 1. The molecule has 0 aliphatic heterocycles. The number of carbonyl (C=O) groups excluding carboxylic acids is 2. The fourth-order valence-corrected chi connectivity index (χ4v) is 1.41. The Kier molecular flexibility index (Phi) is 5.25. The minimum absolute atomic E-state index is 0.0720. The van der Waals surface area contributed by atoms with Crippen molar-refractivity contribution in [2.24, 2.45) is 5.73 Å². The maximum absolute atomic E-state index is 11.7. The predicted molar refractivity (Wildman–Crippen MR) is 66.6 cm³/mol. The number of hydrogen-bond acceptors (Lipinski definition) is 4. The Hall–Kier alpha value is -2.15. The van der Waals surface area contributed by atoms with Gasteiger partial charge in [-0.05, 0) is 18.6 Å². The number of carbonyl (C=O) groups is 3. The summed E-state index contributed by atoms with van der Waals surface area (Å²) < 4.78 is 0. The molecule has 1 atom stereocenters. The van der Waals surface area contributed by atoms with Crippen LogP contribution in [0.4, 0.5) is 0 Å². The van der Waals surface area contributed by atoms with Gasteiger partial charge in [0.15, 0.2) is 0 Å². The summed E-state index contributed by atoms with van der Waals surface area (Å²) in [5, 5.41) is 11.4. The van der Waals surface area contributed by atoms with Gasteiger partial charge in [0, 0.05) is 12.6 Å². The van der Waals surface area contributed by atoms with Crippen molar-refractivity contribution < 1.29 is 19.5 Å². The Morgan fingerprint density at radius 1 is 1.42 bits per heavy atom. The van der Waals surface area contributed by atoms with Crippen LogP contribution in [0.25, 0.3) is 0 Å². The molecule has 8 heteroatoms. The minimum Gasteiger partial charge on any atom is -0.480 e. The number of carboxylic acids is 1. The fraction of sp³-hybridized carbons (Fsp3) is 0.273. The molecule has 102 valence electrons. The van der Waals surface area contributed by atoms with Gasteiger partial charge in [-0.2, -0.15) is 0 Å². The Morgan fingerprint density at radius 3 is 2.58 bits per heavy atom. The Morgan fingerprint density at radius 2 is 2.11 bits per heavy atom. The number of hydrogen-bond donors (Lipinski definition) is 3. The van der Waals surface area contributed by atoms with E-state index in [0.29, 0.717) is 0 Å². The number of halogens is 1. The van der Waals surface area contributed by atoms with Gasteiger partial charge in [-0.25, -0.2) is 9.78 Å². The molecule has 0 saturated carbocycles. The van der Waals surface area contributed by atoms with Gasteiger partial charge >= 0.3 is 5.97 Å². The summed E-state index contributed by atoms with van der Waals surface area (Å²) in [5.74, 6) is -2.48. The van der Waals surface area contributed by atoms with Crippen molar-refractivity contribution in [3.8, 4) is 0 Å². The van der Waals surface area contributed by atoms with Crippen molar-refractivity contribution in [1.82, 2.24) is 10.3 Å². The molecule has 1 rings (SSSR count). The van der Waals surface area contributed by atoms with E-state index in [1.54, 1.807) is 0 Å². The molecule has 19 heavy (non-hydrogen) atoms. The van der Waals surface area contributed by atoms with Crippen molar-refractivity contribution in [3.63, 3.8) is 0 Å². The molecular formula is C11H12ClN3O4. The highest BCUT2D eigenvalue weighted by molar-refractivity contribution is 6.29. The van der Waals surface area contributed by atoms with Crippen LogP contribution in [0, 0.1) is 0 Å². The molecule has 0 radical (unpaired) electrons. The van der Waals surface area contributed by atoms with E-state index in [2.05, 4.69) is 10.3 Å². The SMILES string of the molecule is NC(=O)CC[C@@H](NC(=O)c1ccc(Cl)nc1)C(=O)O. The van der Waals surface area contributed by atoms with Gasteiger partial charge in [-0.3, -0.25) is 9.59 Å². The van der Waals surface area contributed by atoms with Crippen LogP contribution in [0.1, 0.15) is 23.2 Å². The summed E-state index contributed by atoms with van der Waals surface area (Å²) in [4.78, 5) is 37.0. The molecule has 0 spiro atoms. The Balaban J connectivity index is 2.68. The highest BCUT2D eigenvalue weighted by Crippen LogP contribution is 2.06. The minimum atomic E-state index is -1.24. The molecule has 1 heterocycles. The van der Waals surface area contributed by atoms with E-state index < -0.39 is 23.8 Å². The van der Waals surface area contributed by atoms with Gasteiger partial charge in [-0.1, -0.05) is 11.6 Å². The zero-order valence-corrected chi connectivity index (χ0v) is 10.6. The number of nitrogens with one attached hydrogen (secondary N) is 1. The lowest BCUT2D eigenvalue weighted by Crippen LogP contribution is -2.41. The first-order chi connectivity index (χ1) is 8.90. The summed E-state index contributed by atoms with van der Waals surface area (Å²) in [6.07, 6.45) is 1.03. The molecule has 0 aromatic carbocycles. The first-order valence-electron chi connectivity index (χ1n) is 5.33. The van der Waals surface area contributed by atoms with Crippen LogP contribution in [0.2, 0.25) is 5.15 Å². The highest BCUT2D eigenvalue weighted by Gasteiger charge is 2.21. The lowest BCUT2D eigenvalue weighted by Gasteiger charge is -2.13. The van der Waals surface area contributed by atoms with Gasteiger partial charge in [0.1, 0.15) is 11.2 Å². The first-order valence-corrected chi connectivity index (χ1v) is 5.71. The van der Waals surface area contributed by atoms with Gasteiger partial charge in [-0.15, -0.1) is 0 Å². The third-order valence-corrected chi connectivity index (χ3v) is 2.50. The van der Waals surface area contributed by atoms with Crippen LogP contribution in [-0.4, -0.2) is 33.9 Å². The normalized spacial score (nSPS) is 11.6. The summed E-state index contributed by atoms with van der Waals surface area (Å²) in [7, 11) is 0. The standard InChI is InChI=1S/C11H12ClN3O4/c12-8-3-1-6(5-14-8)10(17)15-7(11(18)19)2-4-9(13)16/h1,3,5,7H,2,4H2,(H2,13,16)(H,15,17)(H,18,19)/t7-/m1/s1. The monoisotopic (exact) mass is 285 g/mol. The van der Waals surface area contributed by atoms with E-state index >= 15 is 0 Å². The van der Waals surface area contributed by atoms with Crippen LogP contribution < -0.4 is 11.1 Å². The number of rotatable bonds is 6. The lowest BCUT2D eigenvalue weighted by atomic mass is 10.1. The quantitative estimate of drug-likeness (QED) is 0.644. The van der Waals surface area contributed by atoms with Crippen LogP contribution in [0.5, 0.6) is 0 Å². The van der Waals surface area contributed by atoms with Crippen LogP contribution >= 0.6 is 11.6 Å². The van der Waals surface area contributed by atoms with Gasteiger partial charge < -0.3 is 16.2 Å². The van der Waals surface area contributed by atoms with Crippen molar-refractivity contribution in [3.05, 3.63) is 29.0 Å². The van der Waals surface area contributed by atoms with Crippen molar-refractivity contribution in [2.45, 2.75) is 18.9 Å². The molecule has 2 amide bonds. The smallest absolute Gasteiger partial charge is 0.326 e. The van der Waals surface area contributed by atoms with Gasteiger partial charge in [0.25, 0.3) is 5.91 Å². The van der Waals surface area contributed by atoms with E-state index in [1.807, 2.05) is 0 Å². The molecule has 0 bridgehead atoms. The fourth-order valence-electron chi connectivity index (χ4n) is 1.30. The van der Waals surface area contributed by atoms with E-state index in [-0.39, 0.29) is 23.6 Å². The third kappa shape index (κ3) is 4.92. The number of amides is 2. The number of nitrogens with zero attached hydrogens (tertiary/aromatic N) is 1. The largest absolute Gasteiger partial charge is 0.480 e. The zero-order chi connectivity index (χ0) is 14.4. The van der Waals surface area contributed by atoms with E-state index in [9.17, 15) is 14.4 Å². The van der Waals surface area contributed by atoms with Crippen LogP contribution in [0.3, 0.4) is 0 Å². The van der Waals surface area contributed by atoms with Crippen LogP contribution in [-0.2, 0) is 9.59 Å². The molecule has 0 aliphatic rings. The Labute approximate surface area is 113 Å². The molecule has 0 aliphatic carbocycles. The molecule has 1 aromatic heterocycles. The molecule has 0 fully saturated rings. The number of aromatic nitrogens is 1. The second kappa shape index (κ2) is 6.69. The molecule has 0 unspecified atom stereocenters. The van der Waals surface area contributed by atoms with Crippen molar-refractivity contribution >= 4 is 29.4 Å². The number of carboxylic acid groups (broad SMARTS) is 1. The summed E-state index contributed by atoms with van der Waals surface area (Å²) >= 11 is 5.57. The second-order valence-electron chi connectivity index (χ2n) is 3.74. The van der Waals surface area contributed by atoms with E-state index in [4.69, 9.17) is 22.4 Å². The van der Waals surface area contributed by atoms with E-state index in [0.717, 1.165) is 0 Å². The summed E-state index contributed by atoms with van der Waals surface area (Å²) in [6.45, 7) is 0. The molecule has 4 N–H and O–H groups in total. The molecule has 1 aromatic rings. The predicted octanol–water partition coefficient (Wildman–Crippen LogP) is 0.183. The number of aliphatic carboxylic acids is 1. The second-order valence-corrected chi connectivity index (χ2v) is 4.13. The number of pyridine rings is 1. The summed E-state index contributed by atoms with van der Waals surface area (Å²) in [6, 6.07) is 1.64. The first kappa shape index (κ1) is 14.9. The lowest BCUT2D eigenvalue weighted by molar-refractivity contribution is -0.139. The highest BCUT2D eigenvalue weighted by atomic mass is 35.5. The van der Waals surface area contributed by atoms with Gasteiger partial charge in [0.05, 0.1) is 5.56 Å². The number of nitrogens with two attached hydrogens (primary N) is 1. The molecule has 7 nitrogen and oxygen atoms in total. The molecule has 0 saturated heterocycles. The average Bonchev–Trinajstić information content (AvgIpc) is 2.34.